The minimum absolute atomic E-state index is 0.659. The standard InChI is InChI=1S/C13H15Cl2N3/c1-9-11(8-17-18(9)2)7-16-6-10-3-4-12(14)5-13(10)15/h3-5,8,16H,6-7H2,1-2H3. The molecule has 0 bridgehead atoms. The van der Waals surface area contributed by atoms with E-state index in [2.05, 4.69) is 17.3 Å². The highest BCUT2D eigenvalue weighted by atomic mass is 35.5. The van der Waals surface area contributed by atoms with E-state index in [9.17, 15) is 0 Å². The molecular weight excluding hydrogens is 269 g/mol. The zero-order valence-electron chi connectivity index (χ0n) is 10.4. The van der Waals surface area contributed by atoms with Crippen molar-refractivity contribution in [2.75, 3.05) is 0 Å². The van der Waals surface area contributed by atoms with Crippen molar-refractivity contribution < 1.29 is 0 Å². The average molecular weight is 284 g/mol. The maximum Gasteiger partial charge on any atom is 0.0537 e. The van der Waals surface area contributed by atoms with Crippen molar-refractivity contribution in [3.05, 3.63) is 51.3 Å². The molecular formula is C13H15Cl2N3. The third-order valence-corrected chi connectivity index (χ3v) is 3.57. The number of hydrogen-bond acceptors (Lipinski definition) is 2. The molecule has 2 aromatic rings. The lowest BCUT2D eigenvalue weighted by atomic mass is 10.2. The van der Waals surface area contributed by atoms with Crippen LogP contribution in [-0.4, -0.2) is 9.78 Å². The average Bonchev–Trinajstić information content (AvgIpc) is 2.64. The number of benzene rings is 1. The lowest BCUT2D eigenvalue weighted by Gasteiger charge is -2.07. The van der Waals surface area contributed by atoms with Crippen LogP contribution in [0.5, 0.6) is 0 Å². The molecule has 18 heavy (non-hydrogen) atoms. The number of halogens is 2. The molecule has 0 aliphatic heterocycles. The second-order valence-electron chi connectivity index (χ2n) is 4.22. The molecule has 0 unspecified atom stereocenters. The van der Waals surface area contributed by atoms with Crippen LogP contribution in [0, 0.1) is 6.92 Å². The van der Waals surface area contributed by atoms with Gasteiger partial charge in [-0.3, -0.25) is 4.68 Å². The van der Waals surface area contributed by atoms with Crippen LogP contribution in [0.15, 0.2) is 24.4 Å². The monoisotopic (exact) mass is 283 g/mol. The molecule has 0 spiro atoms. The van der Waals surface area contributed by atoms with Crippen LogP contribution < -0.4 is 5.32 Å². The molecule has 96 valence electrons. The van der Waals surface area contributed by atoms with Gasteiger partial charge in [-0.1, -0.05) is 29.3 Å². The third kappa shape index (κ3) is 3.05. The van der Waals surface area contributed by atoms with E-state index in [1.807, 2.05) is 30.1 Å². The molecule has 2 rings (SSSR count). The molecule has 1 N–H and O–H groups in total. The van der Waals surface area contributed by atoms with Crippen molar-refractivity contribution in [3.63, 3.8) is 0 Å². The van der Waals surface area contributed by atoms with Crippen LogP contribution >= 0.6 is 23.2 Å². The van der Waals surface area contributed by atoms with Crippen molar-refractivity contribution >= 4 is 23.2 Å². The fraction of sp³-hybridized carbons (Fsp3) is 0.308. The molecule has 3 nitrogen and oxygen atoms in total. The minimum Gasteiger partial charge on any atom is -0.308 e. The number of nitrogens with one attached hydrogen (secondary N) is 1. The summed E-state index contributed by atoms with van der Waals surface area (Å²) in [6.07, 6.45) is 1.88. The van der Waals surface area contributed by atoms with E-state index >= 15 is 0 Å². The number of aryl methyl sites for hydroxylation is 1. The van der Waals surface area contributed by atoms with E-state index in [1.54, 1.807) is 6.07 Å². The Hall–Kier alpha value is -1.03. The first-order chi connectivity index (χ1) is 8.58. The van der Waals surface area contributed by atoms with Gasteiger partial charge in [-0.25, -0.2) is 0 Å². The highest BCUT2D eigenvalue weighted by molar-refractivity contribution is 6.35. The van der Waals surface area contributed by atoms with Crippen molar-refractivity contribution in [3.8, 4) is 0 Å². The molecule has 1 aromatic carbocycles. The maximum absolute atomic E-state index is 6.11. The maximum atomic E-state index is 6.11. The number of rotatable bonds is 4. The summed E-state index contributed by atoms with van der Waals surface area (Å²) in [5.41, 5.74) is 3.41. The predicted molar refractivity (Wildman–Crippen MR) is 75.0 cm³/mol. The van der Waals surface area contributed by atoms with Gasteiger partial charge in [-0.05, 0) is 24.6 Å². The fourth-order valence-electron chi connectivity index (χ4n) is 1.71. The zero-order valence-corrected chi connectivity index (χ0v) is 11.9. The molecule has 0 fully saturated rings. The van der Waals surface area contributed by atoms with Gasteiger partial charge in [0, 0.05) is 41.4 Å². The van der Waals surface area contributed by atoms with Crippen molar-refractivity contribution in [1.82, 2.24) is 15.1 Å². The fourth-order valence-corrected chi connectivity index (χ4v) is 2.19. The van der Waals surface area contributed by atoms with Crippen molar-refractivity contribution in [2.24, 2.45) is 7.05 Å². The molecule has 0 atom stereocenters. The summed E-state index contributed by atoms with van der Waals surface area (Å²) in [5, 5.41) is 8.91. The first-order valence-corrected chi connectivity index (χ1v) is 6.45. The zero-order chi connectivity index (χ0) is 13.1. The summed E-state index contributed by atoms with van der Waals surface area (Å²) in [6, 6.07) is 5.54. The molecule has 0 amide bonds. The van der Waals surface area contributed by atoms with Crippen LogP contribution in [0.4, 0.5) is 0 Å². The molecule has 5 heteroatoms. The molecule has 0 saturated heterocycles. The third-order valence-electron chi connectivity index (χ3n) is 2.98. The highest BCUT2D eigenvalue weighted by Crippen LogP contribution is 2.20. The minimum atomic E-state index is 0.659. The molecule has 0 aliphatic carbocycles. The Balaban J connectivity index is 1.94. The lowest BCUT2D eigenvalue weighted by Crippen LogP contribution is -2.13. The van der Waals surface area contributed by atoms with E-state index in [0.29, 0.717) is 16.6 Å². The van der Waals surface area contributed by atoms with Crippen LogP contribution in [0.2, 0.25) is 10.0 Å². The Labute approximate surface area is 117 Å². The number of nitrogens with zero attached hydrogens (tertiary/aromatic N) is 2. The Morgan fingerprint density at radius 1 is 1.22 bits per heavy atom. The first kappa shape index (κ1) is 13.4. The van der Waals surface area contributed by atoms with Gasteiger partial charge in [-0.15, -0.1) is 0 Å². The van der Waals surface area contributed by atoms with Gasteiger partial charge in [0.25, 0.3) is 0 Å². The quantitative estimate of drug-likeness (QED) is 0.933. The summed E-state index contributed by atoms with van der Waals surface area (Å²) in [7, 11) is 1.94. The number of aromatic nitrogens is 2. The van der Waals surface area contributed by atoms with Crippen LogP contribution in [-0.2, 0) is 20.1 Å². The van der Waals surface area contributed by atoms with E-state index in [0.717, 1.165) is 12.1 Å². The van der Waals surface area contributed by atoms with Crippen LogP contribution in [0.3, 0.4) is 0 Å². The van der Waals surface area contributed by atoms with Crippen LogP contribution in [0.25, 0.3) is 0 Å². The van der Waals surface area contributed by atoms with Gasteiger partial charge >= 0.3 is 0 Å². The summed E-state index contributed by atoms with van der Waals surface area (Å²) in [5.74, 6) is 0. The first-order valence-electron chi connectivity index (χ1n) is 5.70. The van der Waals surface area contributed by atoms with E-state index in [-0.39, 0.29) is 0 Å². The van der Waals surface area contributed by atoms with E-state index in [1.165, 1.54) is 11.3 Å². The van der Waals surface area contributed by atoms with E-state index in [4.69, 9.17) is 23.2 Å². The predicted octanol–water partition coefficient (Wildman–Crippen LogP) is 3.33. The number of hydrogen-bond donors (Lipinski definition) is 1. The topological polar surface area (TPSA) is 29.9 Å². The molecule has 0 radical (unpaired) electrons. The van der Waals surface area contributed by atoms with Gasteiger partial charge in [0.05, 0.1) is 6.20 Å². The summed E-state index contributed by atoms with van der Waals surface area (Å²) in [6.45, 7) is 3.54. The van der Waals surface area contributed by atoms with Crippen LogP contribution in [0.1, 0.15) is 16.8 Å². The summed E-state index contributed by atoms with van der Waals surface area (Å²) in [4.78, 5) is 0. The second-order valence-corrected chi connectivity index (χ2v) is 5.06. The summed E-state index contributed by atoms with van der Waals surface area (Å²) < 4.78 is 1.87. The SMILES string of the molecule is Cc1c(CNCc2ccc(Cl)cc2Cl)cnn1C. The Bertz CT molecular complexity index is 549. The Morgan fingerprint density at radius 2 is 1.94 bits per heavy atom. The van der Waals surface area contributed by atoms with Gasteiger partial charge in [-0.2, -0.15) is 5.10 Å². The molecule has 0 aliphatic rings. The molecule has 1 aromatic heterocycles. The van der Waals surface area contributed by atoms with Gasteiger partial charge in [0.2, 0.25) is 0 Å². The van der Waals surface area contributed by atoms with Gasteiger partial charge < -0.3 is 5.32 Å². The Kier molecular flexibility index (Phi) is 4.27. The molecule has 1 heterocycles. The normalized spacial score (nSPS) is 10.9. The lowest BCUT2D eigenvalue weighted by molar-refractivity contribution is 0.685. The van der Waals surface area contributed by atoms with Gasteiger partial charge in [0.1, 0.15) is 0 Å². The van der Waals surface area contributed by atoms with Crippen molar-refractivity contribution in [2.45, 2.75) is 20.0 Å². The smallest absolute Gasteiger partial charge is 0.0537 e. The second kappa shape index (κ2) is 5.74. The highest BCUT2D eigenvalue weighted by Gasteiger charge is 2.04. The van der Waals surface area contributed by atoms with Crippen molar-refractivity contribution in [1.29, 1.82) is 0 Å². The van der Waals surface area contributed by atoms with Gasteiger partial charge in [0.15, 0.2) is 0 Å². The largest absolute Gasteiger partial charge is 0.308 e. The summed E-state index contributed by atoms with van der Waals surface area (Å²) >= 11 is 12.0. The Morgan fingerprint density at radius 3 is 2.56 bits per heavy atom. The van der Waals surface area contributed by atoms with E-state index < -0.39 is 0 Å². The molecule has 0 saturated carbocycles.